The third-order valence-corrected chi connectivity index (χ3v) is 7.98. The maximum atomic E-state index is 13.8. The van der Waals surface area contributed by atoms with Crippen molar-refractivity contribution in [2.45, 2.75) is 51.4 Å². The average molecular weight is 466 g/mol. The molecule has 0 aromatic heterocycles. The fourth-order valence-corrected chi connectivity index (χ4v) is 6.77. The molecular weight excluding hydrogens is 434 g/mol. The molecule has 5 atom stereocenters. The molecule has 0 radical (unpaired) electrons. The lowest BCUT2D eigenvalue weighted by Crippen LogP contribution is -2.75. The smallest absolute Gasteiger partial charge is 0.246 e. The van der Waals surface area contributed by atoms with E-state index in [-0.39, 0.29) is 35.6 Å². The third kappa shape index (κ3) is 4.06. The Morgan fingerprint density at radius 3 is 2.67 bits per heavy atom. The van der Waals surface area contributed by atoms with Gasteiger partial charge in [0.2, 0.25) is 11.8 Å². The molecule has 0 unspecified atom stereocenters. The van der Waals surface area contributed by atoms with Crippen LogP contribution >= 0.6 is 11.6 Å². The number of hydrogen-bond donors (Lipinski definition) is 2. The zero-order valence-electron chi connectivity index (χ0n) is 19.3. The lowest BCUT2D eigenvalue weighted by Gasteiger charge is -2.55. The molecule has 3 heterocycles. The minimum atomic E-state index is -0.844. The molecule has 3 saturated heterocycles. The van der Waals surface area contributed by atoms with Gasteiger partial charge in [-0.15, -0.1) is 0 Å². The second kappa shape index (κ2) is 8.77. The van der Waals surface area contributed by atoms with Crippen LogP contribution in [0.5, 0.6) is 0 Å². The highest BCUT2D eigenvalue weighted by atomic mass is 35.5. The fraction of sp³-hybridized carbons (Fsp3) is 0.481. The van der Waals surface area contributed by atoms with Crippen LogP contribution in [0, 0.1) is 23.7 Å². The number of hydrogen-bond acceptors (Lipinski definition) is 3. The van der Waals surface area contributed by atoms with Gasteiger partial charge in [0.15, 0.2) is 0 Å². The summed E-state index contributed by atoms with van der Waals surface area (Å²) in [7, 11) is 0. The second-order valence-corrected chi connectivity index (χ2v) is 10.8. The predicted molar refractivity (Wildman–Crippen MR) is 129 cm³/mol. The molecule has 2 N–H and O–H groups in total. The zero-order chi connectivity index (χ0) is 23.2. The lowest BCUT2D eigenvalue weighted by atomic mass is 9.57. The molecule has 6 heteroatoms. The molecule has 174 valence electrons. The summed E-state index contributed by atoms with van der Waals surface area (Å²) in [5.41, 5.74) is 1.37. The molecule has 2 aromatic carbocycles. The van der Waals surface area contributed by atoms with E-state index in [1.807, 2.05) is 48.5 Å². The first-order valence-corrected chi connectivity index (χ1v) is 12.4. The van der Waals surface area contributed by atoms with Crippen LogP contribution in [0.2, 0.25) is 5.02 Å². The number of halogens is 1. The Hall–Kier alpha value is -2.37. The van der Waals surface area contributed by atoms with Crippen LogP contribution in [-0.4, -0.2) is 34.8 Å². The number of carbonyl (C=O) groups is 2. The van der Waals surface area contributed by atoms with E-state index in [2.05, 4.69) is 35.4 Å². The third-order valence-electron chi connectivity index (χ3n) is 7.75. The first-order chi connectivity index (χ1) is 15.9. The monoisotopic (exact) mass is 465 g/mol. The number of nitrogens with one attached hydrogen (secondary N) is 2. The van der Waals surface area contributed by atoms with Gasteiger partial charge in [0, 0.05) is 36.6 Å². The highest BCUT2D eigenvalue weighted by molar-refractivity contribution is 6.30. The maximum Gasteiger partial charge on any atom is 0.246 e. The van der Waals surface area contributed by atoms with Gasteiger partial charge in [-0.25, -0.2) is 0 Å². The lowest BCUT2D eigenvalue weighted by molar-refractivity contribution is -0.155. The Morgan fingerprint density at radius 2 is 1.94 bits per heavy atom. The highest BCUT2D eigenvalue weighted by Crippen LogP contribution is 2.54. The number of fused-ring (bicyclic) bond motifs is 1. The van der Waals surface area contributed by atoms with Gasteiger partial charge >= 0.3 is 0 Å². The van der Waals surface area contributed by atoms with E-state index in [0.717, 1.165) is 35.7 Å². The Kier molecular flexibility index (Phi) is 5.96. The van der Waals surface area contributed by atoms with Crippen molar-refractivity contribution >= 4 is 23.4 Å². The Morgan fingerprint density at radius 1 is 1.18 bits per heavy atom. The fourth-order valence-electron chi connectivity index (χ4n) is 6.55. The van der Waals surface area contributed by atoms with Gasteiger partial charge in [-0.2, -0.15) is 0 Å². The van der Waals surface area contributed by atoms with Gasteiger partial charge < -0.3 is 10.6 Å². The van der Waals surface area contributed by atoms with E-state index in [1.54, 1.807) is 0 Å². The van der Waals surface area contributed by atoms with Crippen molar-refractivity contribution < 1.29 is 9.59 Å². The number of carbonyl (C=O) groups excluding carboxylic acids is 2. The Bertz CT molecular complexity index is 1040. The summed E-state index contributed by atoms with van der Waals surface area (Å²) in [5.74, 6) is 0.666. The van der Waals surface area contributed by atoms with Crippen molar-refractivity contribution in [3.8, 4) is 0 Å². The van der Waals surface area contributed by atoms with Gasteiger partial charge in [-0.3, -0.25) is 14.5 Å². The van der Waals surface area contributed by atoms with E-state index in [0.29, 0.717) is 18.9 Å². The van der Waals surface area contributed by atoms with Crippen LogP contribution in [-0.2, 0) is 22.7 Å². The molecule has 4 fully saturated rings. The molecule has 5 nitrogen and oxygen atoms in total. The quantitative estimate of drug-likeness (QED) is 0.649. The van der Waals surface area contributed by atoms with Gasteiger partial charge in [-0.05, 0) is 47.9 Å². The van der Waals surface area contributed by atoms with Gasteiger partial charge in [0.05, 0.1) is 5.92 Å². The number of rotatable bonds is 7. The minimum absolute atomic E-state index is 0.0388. The first-order valence-electron chi connectivity index (χ1n) is 12.0. The van der Waals surface area contributed by atoms with E-state index < -0.39 is 5.54 Å². The minimum Gasteiger partial charge on any atom is -0.350 e. The Balaban J connectivity index is 1.44. The van der Waals surface area contributed by atoms with Crippen molar-refractivity contribution in [2.24, 2.45) is 23.7 Å². The van der Waals surface area contributed by atoms with Crippen molar-refractivity contribution in [3.63, 3.8) is 0 Å². The second-order valence-electron chi connectivity index (χ2n) is 10.4. The van der Waals surface area contributed by atoms with Crippen molar-refractivity contribution in [2.75, 3.05) is 6.54 Å². The highest BCUT2D eigenvalue weighted by Gasteiger charge is 2.67. The van der Waals surface area contributed by atoms with Crippen LogP contribution in [0.1, 0.15) is 37.8 Å². The molecular formula is C27H32ClN3O2. The molecule has 0 spiro atoms. The molecule has 6 rings (SSSR count). The summed E-state index contributed by atoms with van der Waals surface area (Å²) >= 11 is 6.24. The first kappa shape index (κ1) is 22.4. The molecule has 33 heavy (non-hydrogen) atoms. The number of nitrogens with zero attached hydrogens (tertiary/aromatic N) is 1. The standard InChI is InChI=1S/C27H32ClN3O2/c1-17(2)11-22-24-23-20(16-31(24)15-19-9-6-10-21(28)12-19)13-27(22,30-25(23)32)26(33)29-14-18-7-4-3-5-8-18/h3-10,12,17,20,22-24H,11,13-16H2,1-2H3,(H,29,33)(H,30,32)/t20-,22+,23-,24-,27+/m1/s1. The number of benzene rings is 2. The number of piperidine rings is 2. The predicted octanol–water partition coefficient (Wildman–Crippen LogP) is 4.01. The molecule has 4 aliphatic rings. The van der Waals surface area contributed by atoms with Crippen LogP contribution < -0.4 is 10.6 Å². The Labute approximate surface area is 200 Å². The summed E-state index contributed by atoms with van der Waals surface area (Å²) in [6.45, 7) is 6.47. The van der Waals surface area contributed by atoms with Crippen LogP contribution in [0.15, 0.2) is 54.6 Å². The van der Waals surface area contributed by atoms with E-state index in [4.69, 9.17) is 11.6 Å². The largest absolute Gasteiger partial charge is 0.350 e. The normalized spacial score (nSPS) is 30.5. The summed E-state index contributed by atoms with van der Waals surface area (Å²) < 4.78 is 0. The van der Waals surface area contributed by atoms with E-state index in [1.165, 1.54) is 0 Å². The van der Waals surface area contributed by atoms with Crippen LogP contribution in [0.4, 0.5) is 0 Å². The molecule has 1 aliphatic carbocycles. The summed E-state index contributed by atoms with van der Waals surface area (Å²) in [6, 6.07) is 18.0. The number of amides is 2. The summed E-state index contributed by atoms with van der Waals surface area (Å²) in [4.78, 5) is 29.4. The molecule has 4 bridgehead atoms. The molecule has 2 amide bonds. The summed E-state index contributed by atoms with van der Waals surface area (Å²) in [5, 5.41) is 7.10. The SMILES string of the molecule is CC(C)C[C@H]1[C@@H]2[C@@H]3C(=O)N[C@@]1(C(=O)NCc1ccccc1)C[C@@H]3CN2Cc1cccc(Cl)c1. The topological polar surface area (TPSA) is 61.4 Å². The van der Waals surface area contributed by atoms with Crippen LogP contribution in [0.25, 0.3) is 0 Å². The molecule has 1 saturated carbocycles. The van der Waals surface area contributed by atoms with Crippen molar-refractivity contribution in [1.29, 1.82) is 0 Å². The summed E-state index contributed by atoms with van der Waals surface area (Å²) in [6.07, 6.45) is 1.61. The zero-order valence-corrected chi connectivity index (χ0v) is 20.0. The average Bonchev–Trinajstić information content (AvgIpc) is 3.09. The van der Waals surface area contributed by atoms with E-state index in [9.17, 15) is 9.59 Å². The van der Waals surface area contributed by atoms with Gasteiger partial charge in [-0.1, -0.05) is 67.9 Å². The van der Waals surface area contributed by atoms with Gasteiger partial charge in [0.1, 0.15) is 5.54 Å². The molecule has 3 aliphatic heterocycles. The maximum absolute atomic E-state index is 13.8. The van der Waals surface area contributed by atoms with Crippen molar-refractivity contribution in [1.82, 2.24) is 15.5 Å². The van der Waals surface area contributed by atoms with Gasteiger partial charge in [0.25, 0.3) is 0 Å². The number of likely N-dealkylation sites (tertiary alicyclic amines) is 1. The van der Waals surface area contributed by atoms with Crippen LogP contribution in [0.3, 0.4) is 0 Å². The van der Waals surface area contributed by atoms with Crippen molar-refractivity contribution in [3.05, 3.63) is 70.7 Å². The molecule has 2 aromatic rings. The van der Waals surface area contributed by atoms with E-state index >= 15 is 0 Å².